The van der Waals surface area contributed by atoms with Crippen LogP contribution in [0.5, 0.6) is 0 Å². The van der Waals surface area contributed by atoms with Crippen LogP contribution in [0, 0.1) is 18.8 Å². The fourth-order valence-corrected chi connectivity index (χ4v) is 3.62. The van der Waals surface area contributed by atoms with Crippen LogP contribution in [0.2, 0.25) is 0 Å². The zero-order chi connectivity index (χ0) is 14.4. The monoisotopic (exact) mass is 291 g/mol. The molecule has 1 fully saturated rings. The van der Waals surface area contributed by atoms with Crippen LogP contribution in [-0.4, -0.2) is 34.6 Å². The van der Waals surface area contributed by atoms with Crippen molar-refractivity contribution >= 4 is 33.3 Å². The minimum absolute atomic E-state index is 0.356. The van der Waals surface area contributed by atoms with E-state index in [2.05, 4.69) is 21.8 Å². The summed E-state index contributed by atoms with van der Waals surface area (Å²) in [6, 6.07) is 0. The summed E-state index contributed by atoms with van der Waals surface area (Å²) in [6.45, 7) is 5.06. The van der Waals surface area contributed by atoms with E-state index in [-0.39, 0.29) is 0 Å². The Hall–Kier alpha value is -1.69. The van der Waals surface area contributed by atoms with Gasteiger partial charge in [0.15, 0.2) is 0 Å². The van der Waals surface area contributed by atoms with Gasteiger partial charge in [0, 0.05) is 13.6 Å². The number of aromatic nitrogens is 2. The van der Waals surface area contributed by atoms with E-state index in [0.717, 1.165) is 40.0 Å². The largest absolute Gasteiger partial charge is 0.477 e. The highest BCUT2D eigenvalue weighted by atomic mass is 32.1. The van der Waals surface area contributed by atoms with Gasteiger partial charge in [0.1, 0.15) is 21.9 Å². The number of aromatic carboxylic acids is 1. The predicted octanol–water partition coefficient (Wildman–Crippen LogP) is 2.79. The first-order valence-corrected chi connectivity index (χ1v) is 7.49. The van der Waals surface area contributed by atoms with E-state index in [1.165, 1.54) is 24.1 Å². The Balaban J connectivity index is 2.04. The Morgan fingerprint density at radius 3 is 2.85 bits per heavy atom. The van der Waals surface area contributed by atoms with Gasteiger partial charge >= 0.3 is 5.97 Å². The van der Waals surface area contributed by atoms with E-state index in [9.17, 15) is 9.90 Å². The number of carboxylic acids is 1. The fourth-order valence-electron chi connectivity index (χ4n) is 2.64. The van der Waals surface area contributed by atoms with Crippen molar-refractivity contribution in [1.29, 1.82) is 0 Å². The van der Waals surface area contributed by atoms with Crippen LogP contribution in [0.25, 0.3) is 10.2 Å². The predicted molar refractivity (Wildman–Crippen MR) is 79.7 cm³/mol. The number of hydrogen-bond donors (Lipinski definition) is 1. The molecule has 2 unspecified atom stereocenters. The summed E-state index contributed by atoms with van der Waals surface area (Å²) in [6.07, 6.45) is 2.79. The third kappa shape index (κ3) is 2.14. The van der Waals surface area contributed by atoms with Gasteiger partial charge in [-0.1, -0.05) is 6.92 Å². The van der Waals surface area contributed by atoms with Crippen LogP contribution >= 0.6 is 11.3 Å². The number of thiophene rings is 1. The molecule has 2 atom stereocenters. The molecule has 3 rings (SSSR count). The molecule has 0 saturated heterocycles. The van der Waals surface area contributed by atoms with E-state index >= 15 is 0 Å². The molecule has 1 aliphatic carbocycles. The van der Waals surface area contributed by atoms with Crippen molar-refractivity contribution < 1.29 is 9.90 Å². The number of carbonyl (C=O) groups is 1. The standard InChI is InChI=1S/C14H17N3O2S/c1-7-4-9(7)5-17(3)12-10-8(2)11(14(18)19)20-13(10)16-6-15-12/h6-7,9H,4-5H2,1-3H3,(H,18,19). The van der Waals surface area contributed by atoms with Gasteiger partial charge in [0.2, 0.25) is 0 Å². The number of anilines is 1. The first kappa shape index (κ1) is 13.3. The molecule has 5 nitrogen and oxygen atoms in total. The van der Waals surface area contributed by atoms with E-state index in [1.807, 2.05) is 14.0 Å². The van der Waals surface area contributed by atoms with Crippen molar-refractivity contribution in [3.8, 4) is 0 Å². The highest BCUT2D eigenvalue weighted by Crippen LogP contribution is 2.40. The van der Waals surface area contributed by atoms with Crippen molar-refractivity contribution in [1.82, 2.24) is 9.97 Å². The van der Waals surface area contributed by atoms with Crippen LogP contribution in [-0.2, 0) is 0 Å². The lowest BCUT2D eigenvalue weighted by Crippen LogP contribution is -2.22. The number of carboxylic acid groups (broad SMARTS) is 1. The van der Waals surface area contributed by atoms with Crippen molar-refractivity contribution in [3.63, 3.8) is 0 Å². The van der Waals surface area contributed by atoms with Gasteiger partial charge in [-0.25, -0.2) is 14.8 Å². The summed E-state index contributed by atoms with van der Waals surface area (Å²) in [7, 11) is 2.02. The molecule has 2 aromatic heterocycles. The molecule has 0 aromatic carbocycles. The summed E-state index contributed by atoms with van der Waals surface area (Å²) in [5.41, 5.74) is 0.767. The molecule has 20 heavy (non-hydrogen) atoms. The Bertz CT molecular complexity index is 682. The highest BCUT2D eigenvalue weighted by Gasteiger charge is 2.34. The molecule has 0 aliphatic heterocycles. The van der Waals surface area contributed by atoms with Gasteiger partial charge in [-0.15, -0.1) is 11.3 Å². The lowest BCUT2D eigenvalue weighted by Gasteiger charge is -2.19. The summed E-state index contributed by atoms with van der Waals surface area (Å²) >= 11 is 1.22. The smallest absolute Gasteiger partial charge is 0.346 e. The highest BCUT2D eigenvalue weighted by molar-refractivity contribution is 7.20. The lowest BCUT2D eigenvalue weighted by molar-refractivity contribution is 0.0701. The number of hydrogen-bond acceptors (Lipinski definition) is 5. The van der Waals surface area contributed by atoms with Crippen LogP contribution in [0.4, 0.5) is 5.82 Å². The number of rotatable bonds is 4. The molecule has 6 heteroatoms. The Morgan fingerprint density at radius 2 is 2.25 bits per heavy atom. The summed E-state index contributed by atoms with van der Waals surface area (Å²) < 4.78 is 0. The van der Waals surface area contributed by atoms with E-state index in [1.54, 1.807) is 0 Å². The molecule has 0 bridgehead atoms. The lowest BCUT2D eigenvalue weighted by atomic mass is 10.2. The Morgan fingerprint density at radius 1 is 1.55 bits per heavy atom. The Kier molecular flexibility index (Phi) is 3.12. The summed E-state index contributed by atoms with van der Waals surface area (Å²) in [5, 5.41) is 10.1. The first-order chi connectivity index (χ1) is 9.49. The van der Waals surface area contributed by atoms with Crippen LogP contribution in [0.1, 0.15) is 28.6 Å². The van der Waals surface area contributed by atoms with Crippen LogP contribution in [0.15, 0.2) is 6.33 Å². The summed E-state index contributed by atoms with van der Waals surface area (Å²) in [4.78, 5) is 23.1. The normalized spacial score (nSPS) is 21.1. The van der Waals surface area contributed by atoms with E-state index in [0.29, 0.717) is 4.88 Å². The zero-order valence-corrected chi connectivity index (χ0v) is 12.6. The van der Waals surface area contributed by atoms with Gasteiger partial charge in [0.25, 0.3) is 0 Å². The topological polar surface area (TPSA) is 66.3 Å². The molecule has 1 aliphatic rings. The minimum atomic E-state index is -0.894. The molecule has 2 heterocycles. The van der Waals surface area contributed by atoms with Crippen molar-refractivity contribution in [2.24, 2.45) is 11.8 Å². The molecule has 1 saturated carbocycles. The van der Waals surface area contributed by atoms with E-state index in [4.69, 9.17) is 0 Å². The average Bonchev–Trinajstić information content (AvgIpc) is 2.97. The second-order valence-electron chi connectivity index (χ2n) is 5.59. The maximum atomic E-state index is 11.3. The minimum Gasteiger partial charge on any atom is -0.477 e. The third-order valence-electron chi connectivity index (χ3n) is 4.05. The van der Waals surface area contributed by atoms with Crippen molar-refractivity contribution in [2.75, 3.05) is 18.5 Å². The van der Waals surface area contributed by atoms with Crippen molar-refractivity contribution in [3.05, 3.63) is 16.8 Å². The first-order valence-electron chi connectivity index (χ1n) is 6.67. The third-order valence-corrected chi connectivity index (χ3v) is 5.23. The fraction of sp³-hybridized carbons (Fsp3) is 0.500. The van der Waals surface area contributed by atoms with Crippen molar-refractivity contribution in [2.45, 2.75) is 20.3 Å². The number of aryl methyl sites for hydroxylation is 1. The van der Waals surface area contributed by atoms with Gasteiger partial charge < -0.3 is 10.0 Å². The SMILES string of the molecule is Cc1c(C(=O)O)sc2ncnc(N(C)CC3CC3C)c12. The molecule has 0 radical (unpaired) electrons. The quantitative estimate of drug-likeness (QED) is 0.938. The molecular weight excluding hydrogens is 274 g/mol. The zero-order valence-electron chi connectivity index (χ0n) is 11.8. The average molecular weight is 291 g/mol. The van der Waals surface area contributed by atoms with Crippen LogP contribution in [0.3, 0.4) is 0 Å². The Labute approximate surface area is 121 Å². The number of fused-ring (bicyclic) bond motifs is 1. The molecular formula is C14H17N3O2S. The second kappa shape index (κ2) is 4.70. The molecule has 106 valence electrons. The van der Waals surface area contributed by atoms with Gasteiger partial charge in [-0.3, -0.25) is 0 Å². The summed E-state index contributed by atoms with van der Waals surface area (Å²) in [5.74, 6) is 1.46. The van der Waals surface area contributed by atoms with Gasteiger partial charge in [0.05, 0.1) is 5.39 Å². The number of nitrogens with zero attached hydrogens (tertiary/aromatic N) is 3. The molecule has 2 aromatic rings. The van der Waals surface area contributed by atoms with Gasteiger partial charge in [-0.05, 0) is 30.7 Å². The van der Waals surface area contributed by atoms with E-state index < -0.39 is 5.97 Å². The second-order valence-corrected chi connectivity index (χ2v) is 6.59. The maximum Gasteiger partial charge on any atom is 0.346 e. The molecule has 0 spiro atoms. The van der Waals surface area contributed by atoms with Crippen LogP contribution < -0.4 is 4.90 Å². The van der Waals surface area contributed by atoms with Gasteiger partial charge in [-0.2, -0.15) is 0 Å². The maximum absolute atomic E-state index is 11.3. The molecule has 1 N–H and O–H groups in total. The molecule has 0 amide bonds.